The van der Waals surface area contributed by atoms with E-state index in [0.717, 1.165) is 0 Å². The van der Waals surface area contributed by atoms with Gasteiger partial charge in [0.15, 0.2) is 0 Å². The topological polar surface area (TPSA) is 75.9 Å². The summed E-state index contributed by atoms with van der Waals surface area (Å²) in [6.07, 6.45) is 0. The molecule has 0 spiro atoms. The second-order valence-corrected chi connectivity index (χ2v) is 2.04. The molecule has 0 bridgehead atoms. The fourth-order valence-corrected chi connectivity index (χ4v) is 0.663. The van der Waals surface area contributed by atoms with E-state index >= 15 is 0 Å². The maximum atomic E-state index is 7.04. The molecule has 1 rings (SSSR count). The number of nitrogens with two attached hydrogens (primary N) is 2. The minimum absolute atomic E-state index is 0. The molecule has 3 nitrogen and oxygen atoms in total. The molecule has 0 radical (unpaired) electrons. The summed E-state index contributed by atoms with van der Waals surface area (Å²) < 4.78 is 0. The van der Waals surface area contributed by atoms with Crippen LogP contribution in [0.25, 0.3) is 0 Å². The molecule has 0 unspecified atom stereocenters. The smallest absolute Gasteiger partial charge is 0.399 e. The van der Waals surface area contributed by atoms with Gasteiger partial charge in [-0.05, 0) is 24.3 Å². The van der Waals surface area contributed by atoms with Crippen molar-refractivity contribution in [2.75, 3.05) is 5.73 Å². The van der Waals surface area contributed by atoms with Gasteiger partial charge in [0, 0.05) is 11.3 Å². The van der Waals surface area contributed by atoms with Crippen LogP contribution in [0, 0.1) is 5.41 Å². The van der Waals surface area contributed by atoms with E-state index in [9.17, 15) is 0 Å². The van der Waals surface area contributed by atoms with E-state index in [-0.39, 0.29) is 19.7 Å². The molecule has 0 fully saturated rings. The van der Waals surface area contributed by atoms with Gasteiger partial charge in [-0.25, -0.2) is 0 Å². The van der Waals surface area contributed by atoms with Gasteiger partial charge >= 0.3 is 1.43 Å². The molecule has 0 saturated heterocycles. The molecular weight excluding hydrogens is 162 g/mol. The van der Waals surface area contributed by atoms with Crippen molar-refractivity contribution in [2.24, 2.45) is 5.73 Å². The Morgan fingerprint density at radius 1 is 1.27 bits per heavy atom. The van der Waals surface area contributed by atoms with Gasteiger partial charge in [-0.2, -0.15) is 0 Å². The summed E-state index contributed by atoms with van der Waals surface area (Å²) in [5.74, 6) is 0.0694. The van der Waals surface area contributed by atoms with Gasteiger partial charge in [-0.1, -0.05) is 0 Å². The highest BCUT2D eigenvalue weighted by Crippen LogP contribution is 2.03. The Bertz CT molecular complexity index is 247. The van der Waals surface area contributed by atoms with E-state index < -0.39 is 0 Å². The van der Waals surface area contributed by atoms with Crippen LogP contribution in [0.3, 0.4) is 0 Å². The van der Waals surface area contributed by atoms with Crippen LogP contribution in [0.2, 0.25) is 0 Å². The van der Waals surface area contributed by atoms with Crippen molar-refractivity contribution in [2.45, 2.75) is 0 Å². The number of rotatable bonds is 1. The highest BCUT2D eigenvalue weighted by Gasteiger charge is 1.92. The third-order valence-electron chi connectivity index (χ3n) is 1.22. The molecule has 60 valence electrons. The SMILES string of the molecule is Cl.N=C(N)c1ccc(N)cc1.[H+]. The summed E-state index contributed by atoms with van der Waals surface area (Å²) >= 11 is 0. The molecule has 1 aromatic rings. The molecule has 0 saturated carbocycles. The minimum atomic E-state index is 0. The first-order valence-corrected chi connectivity index (χ1v) is 2.90. The maximum Gasteiger partial charge on any atom is 1.00 e. The van der Waals surface area contributed by atoms with Crippen LogP contribution >= 0.6 is 12.4 Å². The Balaban J connectivity index is 0. The average Bonchev–Trinajstić information content (AvgIpc) is 1.88. The summed E-state index contributed by atoms with van der Waals surface area (Å²) in [6, 6.07) is 6.88. The fraction of sp³-hybridized carbons (Fsp3) is 0. The van der Waals surface area contributed by atoms with Gasteiger partial charge in [0.05, 0.1) is 0 Å². The summed E-state index contributed by atoms with van der Waals surface area (Å²) in [6.45, 7) is 0. The highest BCUT2D eigenvalue weighted by molar-refractivity contribution is 5.95. The minimum Gasteiger partial charge on any atom is -0.399 e. The van der Waals surface area contributed by atoms with Crippen molar-refractivity contribution in [1.82, 2.24) is 0 Å². The largest absolute Gasteiger partial charge is 1.00 e. The Labute approximate surface area is 72.8 Å². The maximum absolute atomic E-state index is 7.04. The molecule has 0 aliphatic carbocycles. The Morgan fingerprint density at radius 2 is 1.73 bits per heavy atom. The molecular formula is C7H11ClN3+. The van der Waals surface area contributed by atoms with Crippen LogP contribution in [-0.4, -0.2) is 5.84 Å². The zero-order valence-corrected chi connectivity index (χ0v) is 6.69. The molecule has 1 aromatic carbocycles. The summed E-state index contributed by atoms with van der Waals surface area (Å²) in [7, 11) is 0. The molecule has 0 amide bonds. The molecule has 0 aliphatic heterocycles. The molecule has 0 atom stereocenters. The van der Waals surface area contributed by atoms with E-state index in [1.165, 1.54) is 0 Å². The lowest BCUT2D eigenvalue weighted by Crippen LogP contribution is -2.10. The normalized spacial score (nSPS) is 8.36. The third-order valence-corrected chi connectivity index (χ3v) is 1.22. The van der Waals surface area contributed by atoms with Gasteiger partial charge in [0.1, 0.15) is 5.84 Å². The summed E-state index contributed by atoms with van der Waals surface area (Å²) in [4.78, 5) is 0. The van der Waals surface area contributed by atoms with Gasteiger partial charge in [-0.3, -0.25) is 5.41 Å². The number of anilines is 1. The van der Waals surface area contributed by atoms with E-state index in [2.05, 4.69) is 0 Å². The van der Waals surface area contributed by atoms with Gasteiger partial charge in [-0.15, -0.1) is 12.4 Å². The lowest BCUT2D eigenvalue weighted by molar-refractivity contribution is 1.42. The van der Waals surface area contributed by atoms with Crippen molar-refractivity contribution in [3.8, 4) is 0 Å². The number of amidine groups is 1. The quantitative estimate of drug-likeness (QED) is 0.337. The lowest BCUT2D eigenvalue weighted by Gasteiger charge is -1.96. The lowest BCUT2D eigenvalue weighted by atomic mass is 10.2. The van der Waals surface area contributed by atoms with Crippen molar-refractivity contribution >= 4 is 23.9 Å². The van der Waals surface area contributed by atoms with Crippen LogP contribution in [0.4, 0.5) is 5.69 Å². The molecule has 5 N–H and O–H groups in total. The van der Waals surface area contributed by atoms with Gasteiger partial charge in [0.2, 0.25) is 0 Å². The molecule has 11 heavy (non-hydrogen) atoms. The predicted molar refractivity (Wildman–Crippen MR) is 50.2 cm³/mol. The molecule has 0 aromatic heterocycles. The highest BCUT2D eigenvalue weighted by atomic mass is 35.5. The van der Waals surface area contributed by atoms with Crippen molar-refractivity contribution in [3.05, 3.63) is 29.8 Å². The number of nitrogen functional groups attached to an aromatic ring is 2. The average molecular weight is 173 g/mol. The second-order valence-electron chi connectivity index (χ2n) is 2.04. The number of halogens is 1. The Kier molecular flexibility index (Phi) is 3.40. The van der Waals surface area contributed by atoms with E-state index in [1.54, 1.807) is 24.3 Å². The summed E-state index contributed by atoms with van der Waals surface area (Å²) in [5, 5.41) is 7.04. The van der Waals surface area contributed by atoms with E-state index in [1.807, 2.05) is 0 Å². The summed E-state index contributed by atoms with van der Waals surface area (Å²) in [5.41, 5.74) is 12.0. The van der Waals surface area contributed by atoms with E-state index in [4.69, 9.17) is 16.9 Å². The Hall–Kier alpha value is -1.22. The van der Waals surface area contributed by atoms with Crippen LogP contribution in [-0.2, 0) is 0 Å². The van der Waals surface area contributed by atoms with Crippen LogP contribution in [0.5, 0.6) is 0 Å². The van der Waals surface area contributed by atoms with Gasteiger partial charge in [0.25, 0.3) is 0 Å². The number of nitrogens with one attached hydrogen (secondary N) is 1. The third kappa shape index (κ3) is 2.47. The Morgan fingerprint density at radius 3 is 2.09 bits per heavy atom. The van der Waals surface area contributed by atoms with Crippen LogP contribution in [0.15, 0.2) is 24.3 Å². The van der Waals surface area contributed by atoms with Crippen LogP contribution in [0.1, 0.15) is 6.99 Å². The molecule has 0 aliphatic rings. The first kappa shape index (κ1) is 9.78. The van der Waals surface area contributed by atoms with Gasteiger partial charge < -0.3 is 11.5 Å². The first-order valence-electron chi connectivity index (χ1n) is 2.90. The van der Waals surface area contributed by atoms with Crippen LogP contribution < -0.4 is 11.5 Å². The first-order chi connectivity index (χ1) is 4.70. The number of benzene rings is 1. The van der Waals surface area contributed by atoms with E-state index in [0.29, 0.717) is 11.3 Å². The predicted octanol–water partition coefficient (Wildman–Crippen LogP) is 1.09. The van der Waals surface area contributed by atoms with Crippen molar-refractivity contribution in [3.63, 3.8) is 0 Å². The fourth-order valence-electron chi connectivity index (χ4n) is 0.663. The van der Waals surface area contributed by atoms with Crippen molar-refractivity contribution in [1.29, 1.82) is 5.41 Å². The zero-order chi connectivity index (χ0) is 7.56. The second kappa shape index (κ2) is 3.83. The number of hydrogen-bond donors (Lipinski definition) is 3. The monoisotopic (exact) mass is 172 g/mol. The zero-order valence-electron chi connectivity index (χ0n) is 6.87. The molecule has 4 heteroatoms. The molecule has 0 heterocycles. The number of hydrogen-bond acceptors (Lipinski definition) is 2. The standard InChI is InChI=1S/C7H9N3.ClH/c8-6-3-1-5(2-4-6)7(9)10;/h1-4H,8H2,(H3,9,10);1H/p+1. The van der Waals surface area contributed by atoms with Crippen molar-refractivity contribution < 1.29 is 1.43 Å².